The van der Waals surface area contributed by atoms with E-state index in [0.29, 0.717) is 6.42 Å². The van der Waals surface area contributed by atoms with Gasteiger partial charge in [-0.15, -0.1) is 0 Å². The highest BCUT2D eigenvalue weighted by molar-refractivity contribution is 5.85. The van der Waals surface area contributed by atoms with Gasteiger partial charge in [-0.3, -0.25) is 4.79 Å². The number of hydrogen-bond acceptors (Lipinski definition) is 2. The summed E-state index contributed by atoms with van der Waals surface area (Å²) in [7, 11) is 0. The van der Waals surface area contributed by atoms with E-state index in [2.05, 4.69) is 5.32 Å². The van der Waals surface area contributed by atoms with Crippen LogP contribution in [0.25, 0.3) is 0 Å². The Morgan fingerprint density at radius 1 is 1.73 bits per heavy atom. The van der Waals surface area contributed by atoms with Gasteiger partial charge in [0.05, 0.1) is 12.0 Å². The molecule has 0 bridgehead atoms. The summed E-state index contributed by atoms with van der Waals surface area (Å²) in [5.74, 6) is 0.280. The topological polar surface area (TPSA) is 49.3 Å². The first-order chi connectivity index (χ1) is 5.15. The molecule has 1 heterocycles. The third-order valence-electron chi connectivity index (χ3n) is 2.18. The van der Waals surface area contributed by atoms with E-state index >= 15 is 0 Å². The Morgan fingerprint density at radius 2 is 2.36 bits per heavy atom. The van der Waals surface area contributed by atoms with E-state index in [1.54, 1.807) is 6.92 Å². The van der Waals surface area contributed by atoms with E-state index in [4.69, 9.17) is 5.11 Å². The summed E-state index contributed by atoms with van der Waals surface area (Å²) in [4.78, 5) is 10.9. The van der Waals surface area contributed by atoms with Crippen molar-refractivity contribution in [3.63, 3.8) is 0 Å². The number of carbonyl (C=O) groups excluding carboxylic acids is 1. The van der Waals surface area contributed by atoms with Gasteiger partial charge in [-0.05, 0) is 19.8 Å². The Hall–Kier alpha value is -0.570. The summed E-state index contributed by atoms with van der Waals surface area (Å²) in [6.45, 7) is 3.75. The van der Waals surface area contributed by atoms with Gasteiger partial charge in [-0.2, -0.15) is 0 Å². The highest BCUT2D eigenvalue weighted by Crippen LogP contribution is 2.22. The van der Waals surface area contributed by atoms with Crippen LogP contribution in [0.2, 0.25) is 0 Å². The second-order valence-corrected chi connectivity index (χ2v) is 3.21. The van der Waals surface area contributed by atoms with Crippen molar-refractivity contribution in [2.75, 3.05) is 0 Å². The lowest BCUT2D eigenvalue weighted by molar-refractivity contribution is -0.136. The number of amides is 1. The Morgan fingerprint density at radius 3 is 2.73 bits per heavy atom. The Labute approximate surface area is 66.8 Å². The molecule has 1 rings (SSSR count). The zero-order valence-electron chi connectivity index (χ0n) is 7.00. The van der Waals surface area contributed by atoms with Crippen LogP contribution in [0.15, 0.2) is 0 Å². The summed E-state index contributed by atoms with van der Waals surface area (Å²) in [5.41, 5.74) is 0. The SMILES string of the molecule is CC[C@@H]1C(=O)N[C@@H]1C[C@@H](C)O. The molecular formula is C8H15NO2. The van der Waals surface area contributed by atoms with Crippen molar-refractivity contribution in [2.24, 2.45) is 5.92 Å². The van der Waals surface area contributed by atoms with Gasteiger partial charge in [0.25, 0.3) is 0 Å². The molecule has 3 nitrogen and oxygen atoms in total. The highest BCUT2D eigenvalue weighted by Gasteiger charge is 2.37. The molecule has 0 saturated carbocycles. The molecule has 0 unspecified atom stereocenters. The first-order valence-electron chi connectivity index (χ1n) is 4.13. The third-order valence-corrected chi connectivity index (χ3v) is 2.18. The van der Waals surface area contributed by atoms with E-state index in [-0.39, 0.29) is 24.0 Å². The van der Waals surface area contributed by atoms with Gasteiger partial charge in [-0.25, -0.2) is 0 Å². The third kappa shape index (κ3) is 1.71. The molecule has 0 aliphatic carbocycles. The van der Waals surface area contributed by atoms with Crippen LogP contribution in [0.5, 0.6) is 0 Å². The quantitative estimate of drug-likeness (QED) is 0.578. The standard InChI is InChI=1S/C8H15NO2/c1-3-6-7(4-5(2)10)9-8(6)11/h5-7,10H,3-4H2,1-2H3,(H,9,11)/t5-,6+,7-/m1/s1. The van der Waals surface area contributed by atoms with Gasteiger partial charge in [0.2, 0.25) is 5.91 Å². The first-order valence-corrected chi connectivity index (χ1v) is 4.13. The minimum absolute atomic E-state index is 0.137. The van der Waals surface area contributed by atoms with Crippen molar-refractivity contribution in [2.45, 2.75) is 38.8 Å². The smallest absolute Gasteiger partial charge is 0.225 e. The molecule has 1 aliphatic heterocycles. The fraction of sp³-hybridized carbons (Fsp3) is 0.875. The van der Waals surface area contributed by atoms with Crippen molar-refractivity contribution in [3.8, 4) is 0 Å². The van der Waals surface area contributed by atoms with Gasteiger partial charge < -0.3 is 10.4 Å². The average molecular weight is 157 g/mol. The maximum absolute atomic E-state index is 10.9. The molecule has 11 heavy (non-hydrogen) atoms. The van der Waals surface area contributed by atoms with Crippen LogP contribution in [0, 0.1) is 5.92 Å². The van der Waals surface area contributed by atoms with Crippen LogP contribution in [0.3, 0.4) is 0 Å². The molecule has 3 atom stereocenters. The molecule has 1 saturated heterocycles. The fourth-order valence-electron chi connectivity index (χ4n) is 1.54. The molecule has 0 aromatic carbocycles. The Kier molecular flexibility index (Phi) is 2.49. The monoisotopic (exact) mass is 157 g/mol. The second-order valence-electron chi connectivity index (χ2n) is 3.21. The maximum atomic E-state index is 10.9. The lowest BCUT2D eigenvalue weighted by Gasteiger charge is -2.36. The normalized spacial score (nSPS) is 32.5. The lowest BCUT2D eigenvalue weighted by atomic mass is 9.85. The van der Waals surface area contributed by atoms with Crippen LogP contribution in [-0.4, -0.2) is 23.2 Å². The molecule has 2 N–H and O–H groups in total. The van der Waals surface area contributed by atoms with Crippen molar-refractivity contribution in [1.82, 2.24) is 5.32 Å². The van der Waals surface area contributed by atoms with Crippen LogP contribution in [0.1, 0.15) is 26.7 Å². The molecular weight excluding hydrogens is 142 g/mol. The predicted octanol–water partition coefficient (Wildman–Crippen LogP) is 0.282. The van der Waals surface area contributed by atoms with Gasteiger partial charge >= 0.3 is 0 Å². The number of hydrogen-bond donors (Lipinski definition) is 2. The van der Waals surface area contributed by atoms with Gasteiger partial charge in [0, 0.05) is 6.04 Å². The zero-order valence-corrected chi connectivity index (χ0v) is 7.00. The molecule has 0 spiro atoms. The molecule has 1 aliphatic rings. The summed E-state index contributed by atoms with van der Waals surface area (Å²) in [6, 6.07) is 0.215. The van der Waals surface area contributed by atoms with Crippen molar-refractivity contribution in [1.29, 1.82) is 0 Å². The Bertz CT molecular complexity index is 156. The van der Waals surface area contributed by atoms with E-state index in [9.17, 15) is 4.79 Å². The first kappa shape index (κ1) is 8.53. The van der Waals surface area contributed by atoms with Crippen LogP contribution in [0.4, 0.5) is 0 Å². The van der Waals surface area contributed by atoms with Crippen LogP contribution in [-0.2, 0) is 4.79 Å². The van der Waals surface area contributed by atoms with E-state index in [1.807, 2.05) is 6.92 Å². The number of aliphatic hydroxyl groups excluding tert-OH is 1. The fourth-order valence-corrected chi connectivity index (χ4v) is 1.54. The molecule has 0 aromatic heterocycles. The molecule has 0 radical (unpaired) electrons. The largest absolute Gasteiger partial charge is 0.393 e. The van der Waals surface area contributed by atoms with Gasteiger partial charge in [0.1, 0.15) is 0 Å². The Balaban J connectivity index is 2.33. The molecule has 64 valence electrons. The number of carbonyl (C=O) groups is 1. The minimum Gasteiger partial charge on any atom is -0.393 e. The number of aliphatic hydroxyl groups is 1. The van der Waals surface area contributed by atoms with Crippen molar-refractivity contribution in [3.05, 3.63) is 0 Å². The predicted molar refractivity (Wildman–Crippen MR) is 42.0 cm³/mol. The summed E-state index contributed by atoms with van der Waals surface area (Å²) in [6.07, 6.45) is 1.25. The van der Waals surface area contributed by atoms with Gasteiger partial charge in [0.15, 0.2) is 0 Å². The molecule has 1 fully saturated rings. The van der Waals surface area contributed by atoms with Crippen LogP contribution >= 0.6 is 0 Å². The average Bonchev–Trinajstić information content (AvgIpc) is 1.86. The van der Waals surface area contributed by atoms with E-state index < -0.39 is 0 Å². The van der Waals surface area contributed by atoms with Gasteiger partial charge in [-0.1, -0.05) is 6.92 Å². The summed E-state index contributed by atoms with van der Waals surface area (Å²) in [5, 5.41) is 11.8. The number of β-lactam (4-membered cyclic amide) rings is 1. The van der Waals surface area contributed by atoms with E-state index in [0.717, 1.165) is 6.42 Å². The number of rotatable bonds is 3. The number of nitrogens with one attached hydrogen (secondary N) is 1. The lowest BCUT2D eigenvalue weighted by Crippen LogP contribution is -2.58. The molecule has 1 amide bonds. The van der Waals surface area contributed by atoms with Crippen molar-refractivity contribution >= 4 is 5.91 Å². The maximum Gasteiger partial charge on any atom is 0.225 e. The molecule has 0 aromatic rings. The second kappa shape index (κ2) is 3.22. The zero-order chi connectivity index (χ0) is 8.43. The van der Waals surface area contributed by atoms with Crippen LogP contribution < -0.4 is 5.32 Å². The highest BCUT2D eigenvalue weighted by atomic mass is 16.3. The summed E-state index contributed by atoms with van der Waals surface area (Å²) < 4.78 is 0. The van der Waals surface area contributed by atoms with Crippen molar-refractivity contribution < 1.29 is 9.90 Å². The van der Waals surface area contributed by atoms with E-state index in [1.165, 1.54) is 0 Å². The summed E-state index contributed by atoms with van der Waals surface area (Å²) >= 11 is 0. The minimum atomic E-state index is -0.311. The molecule has 3 heteroatoms.